The Morgan fingerprint density at radius 3 is 2.47 bits per heavy atom. The van der Waals surface area contributed by atoms with Crippen LogP contribution in [0.3, 0.4) is 0 Å². The van der Waals surface area contributed by atoms with Gasteiger partial charge in [-0.1, -0.05) is 6.07 Å². The molecule has 1 unspecified atom stereocenters. The molecule has 9 nitrogen and oxygen atoms in total. The van der Waals surface area contributed by atoms with Crippen LogP contribution in [0.1, 0.15) is 12.0 Å². The fourth-order valence-corrected chi connectivity index (χ4v) is 4.66. The highest BCUT2D eigenvalue weighted by Crippen LogP contribution is 2.36. The Bertz CT molecular complexity index is 1150. The van der Waals surface area contributed by atoms with Crippen molar-refractivity contribution in [2.75, 3.05) is 45.1 Å². The van der Waals surface area contributed by atoms with Crippen LogP contribution in [0.4, 0.5) is 11.4 Å². The Balaban J connectivity index is 1.81. The summed E-state index contributed by atoms with van der Waals surface area (Å²) in [6, 6.07) is 9.83. The number of benzene rings is 2. The standard InChI is InChI=1S/C22H27N3O6S/c1-14-6-7-16(11-20(14)32(28,29)24(2)3)23-22(27)15-10-21(26)25(13-15)18-12-17(30-4)8-9-19(18)31-5/h6-9,11-12,15H,10,13H2,1-5H3,(H,23,27). The number of amides is 2. The van der Waals surface area contributed by atoms with Gasteiger partial charge in [-0.15, -0.1) is 0 Å². The van der Waals surface area contributed by atoms with Gasteiger partial charge in [0.1, 0.15) is 11.5 Å². The summed E-state index contributed by atoms with van der Waals surface area (Å²) in [6.45, 7) is 1.86. The summed E-state index contributed by atoms with van der Waals surface area (Å²) in [7, 11) is 2.28. The van der Waals surface area contributed by atoms with Crippen molar-refractivity contribution in [2.45, 2.75) is 18.2 Å². The monoisotopic (exact) mass is 461 g/mol. The van der Waals surface area contributed by atoms with Gasteiger partial charge in [0.15, 0.2) is 0 Å². The van der Waals surface area contributed by atoms with Crippen LogP contribution in [0.25, 0.3) is 0 Å². The zero-order valence-corrected chi connectivity index (χ0v) is 19.5. The molecule has 1 fully saturated rings. The predicted molar refractivity (Wildman–Crippen MR) is 121 cm³/mol. The Morgan fingerprint density at radius 1 is 1.12 bits per heavy atom. The second kappa shape index (κ2) is 9.17. The van der Waals surface area contributed by atoms with E-state index < -0.39 is 15.9 Å². The first-order valence-corrected chi connectivity index (χ1v) is 11.4. The van der Waals surface area contributed by atoms with Crippen LogP contribution in [0.2, 0.25) is 0 Å². The van der Waals surface area contributed by atoms with Crippen LogP contribution in [0.5, 0.6) is 11.5 Å². The molecule has 1 aliphatic rings. The normalized spacial score (nSPS) is 16.4. The Hall–Kier alpha value is -3.11. The van der Waals surface area contributed by atoms with E-state index in [4.69, 9.17) is 9.47 Å². The number of hydrogen-bond donors (Lipinski definition) is 1. The van der Waals surface area contributed by atoms with E-state index >= 15 is 0 Å². The summed E-state index contributed by atoms with van der Waals surface area (Å²) < 4.78 is 36.8. The number of hydrogen-bond acceptors (Lipinski definition) is 6. The molecule has 0 aromatic heterocycles. The highest BCUT2D eigenvalue weighted by Gasteiger charge is 2.36. The zero-order valence-electron chi connectivity index (χ0n) is 18.7. The molecule has 2 aromatic rings. The molecule has 1 N–H and O–H groups in total. The molecule has 32 heavy (non-hydrogen) atoms. The Kier molecular flexibility index (Phi) is 6.75. The van der Waals surface area contributed by atoms with Gasteiger partial charge in [0.25, 0.3) is 0 Å². The van der Waals surface area contributed by atoms with E-state index in [9.17, 15) is 18.0 Å². The molecule has 0 spiro atoms. The summed E-state index contributed by atoms with van der Waals surface area (Å²) in [5.74, 6) is -0.113. The average molecular weight is 462 g/mol. The molecule has 0 radical (unpaired) electrons. The van der Waals surface area contributed by atoms with E-state index in [1.54, 1.807) is 37.3 Å². The minimum atomic E-state index is -3.66. The number of nitrogens with zero attached hydrogens (tertiary/aromatic N) is 2. The lowest BCUT2D eigenvalue weighted by Crippen LogP contribution is -2.28. The van der Waals surface area contributed by atoms with Gasteiger partial charge in [0.2, 0.25) is 21.8 Å². The maximum atomic E-state index is 12.9. The minimum absolute atomic E-state index is 0.0287. The van der Waals surface area contributed by atoms with Crippen LogP contribution < -0.4 is 19.7 Å². The third-order valence-electron chi connectivity index (χ3n) is 5.39. The molecule has 1 aliphatic heterocycles. The maximum Gasteiger partial charge on any atom is 0.242 e. The number of rotatable bonds is 7. The number of aryl methyl sites for hydroxylation is 1. The largest absolute Gasteiger partial charge is 0.497 e. The second-order valence-electron chi connectivity index (χ2n) is 7.70. The molecular weight excluding hydrogens is 434 g/mol. The lowest BCUT2D eigenvalue weighted by atomic mass is 10.1. The topological polar surface area (TPSA) is 105 Å². The highest BCUT2D eigenvalue weighted by molar-refractivity contribution is 7.89. The van der Waals surface area contributed by atoms with Gasteiger partial charge in [-0.25, -0.2) is 12.7 Å². The first-order chi connectivity index (χ1) is 15.1. The van der Waals surface area contributed by atoms with Crippen molar-refractivity contribution in [2.24, 2.45) is 5.92 Å². The van der Waals surface area contributed by atoms with Crippen LogP contribution in [0, 0.1) is 12.8 Å². The molecule has 2 aromatic carbocycles. The minimum Gasteiger partial charge on any atom is -0.497 e. The third-order valence-corrected chi connectivity index (χ3v) is 7.34. The van der Waals surface area contributed by atoms with Crippen molar-refractivity contribution >= 4 is 33.2 Å². The SMILES string of the molecule is COc1ccc(OC)c(N2CC(C(=O)Nc3ccc(C)c(S(=O)(=O)N(C)C)c3)CC2=O)c1. The molecule has 2 amide bonds. The van der Waals surface area contributed by atoms with Crippen molar-refractivity contribution in [3.05, 3.63) is 42.0 Å². The Morgan fingerprint density at radius 2 is 1.84 bits per heavy atom. The van der Waals surface area contributed by atoms with Crippen LogP contribution in [0.15, 0.2) is 41.3 Å². The predicted octanol–water partition coefficient (Wildman–Crippen LogP) is 2.25. The molecule has 10 heteroatoms. The maximum absolute atomic E-state index is 12.9. The molecule has 1 heterocycles. The smallest absolute Gasteiger partial charge is 0.242 e. The van der Waals surface area contributed by atoms with E-state index in [2.05, 4.69) is 5.32 Å². The number of carbonyl (C=O) groups is 2. The van der Waals surface area contributed by atoms with Crippen LogP contribution in [-0.2, 0) is 19.6 Å². The molecule has 1 atom stereocenters. The van der Waals surface area contributed by atoms with Crippen LogP contribution in [-0.4, -0.2) is 59.4 Å². The molecule has 0 bridgehead atoms. The average Bonchev–Trinajstić information content (AvgIpc) is 3.15. The number of nitrogens with one attached hydrogen (secondary N) is 1. The molecule has 0 saturated carbocycles. The number of sulfonamides is 1. The summed E-state index contributed by atoms with van der Waals surface area (Å²) >= 11 is 0. The lowest BCUT2D eigenvalue weighted by molar-refractivity contribution is -0.122. The number of anilines is 2. The van der Waals surface area contributed by atoms with Crippen molar-refractivity contribution < 1.29 is 27.5 Å². The van der Waals surface area contributed by atoms with E-state index in [0.29, 0.717) is 28.4 Å². The van der Waals surface area contributed by atoms with E-state index in [1.807, 2.05) is 0 Å². The first kappa shape index (κ1) is 23.6. The van der Waals surface area contributed by atoms with E-state index in [-0.39, 0.29) is 29.7 Å². The van der Waals surface area contributed by atoms with Gasteiger partial charge in [-0.3, -0.25) is 9.59 Å². The molecule has 3 rings (SSSR count). The van der Waals surface area contributed by atoms with E-state index in [0.717, 1.165) is 4.31 Å². The fraction of sp³-hybridized carbons (Fsp3) is 0.364. The lowest BCUT2D eigenvalue weighted by Gasteiger charge is -2.20. The van der Waals surface area contributed by atoms with Gasteiger partial charge in [-0.05, 0) is 36.8 Å². The summed E-state index contributed by atoms with van der Waals surface area (Å²) in [5.41, 5.74) is 1.46. The molecule has 1 saturated heterocycles. The number of carbonyl (C=O) groups excluding carboxylic acids is 2. The fourth-order valence-electron chi connectivity index (χ4n) is 3.52. The van der Waals surface area contributed by atoms with Crippen molar-refractivity contribution in [3.63, 3.8) is 0 Å². The first-order valence-electron chi connectivity index (χ1n) is 9.95. The van der Waals surface area contributed by atoms with Crippen molar-refractivity contribution in [3.8, 4) is 11.5 Å². The molecule has 172 valence electrons. The highest BCUT2D eigenvalue weighted by atomic mass is 32.2. The van der Waals surface area contributed by atoms with Crippen molar-refractivity contribution in [1.82, 2.24) is 4.31 Å². The zero-order chi connectivity index (χ0) is 23.6. The number of methoxy groups -OCH3 is 2. The second-order valence-corrected chi connectivity index (χ2v) is 9.82. The third kappa shape index (κ3) is 4.56. The van der Waals surface area contributed by atoms with Crippen LogP contribution >= 0.6 is 0 Å². The van der Waals surface area contributed by atoms with Gasteiger partial charge in [0.05, 0.1) is 30.7 Å². The van der Waals surface area contributed by atoms with Gasteiger partial charge >= 0.3 is 0 Å². The van der Waals surface area contributed by atoms with Gasteiger partial charge in [-0.2, -0.15) is 0 Å². The van der Waals surface area contributed by atoms with Gasteiger partial charge < -0.3 is 19.7 Å². The Labute approximate surface area is 188 Å². The molecular formula is C22H27N3O6S. The van der Waals surface area contributed by atoms with Crippen molar-refractivity contribution in [1.29, 1.82) is 0 Å². The summed E-state index contributed by atoms with van der Waals surface area (Å²) in [6.07, 6.45) is 0.0287. The summed E-state index contributed by atoms with van der Waals surface area (Å²) in [5, 5.41) is 2.75. The molecule has 0 aliphatic carbocycles. The van der Waals surface area contributed by atoms with Gasteiger partial charge in [0, 0.05) is 38.8 Å². The quantitative estimate of drug-likeness (QED) is 0.678. The summed E-state index contributed by atoms with van der Waals surface area (Å²) in [4.78, 5) is 27.2. The van der Waals surface area contributed by atoms with E-state index in [1.165, 1.54) is 39.3 Å². The number of ether oxygens (including phenoxy) is 2.